The zero-order chi connectivity index (χ0) is 12.5. The fraction of sp³-hybridized carbons (Fsp3) is 0.571. The molecular weight excluding hydrogens is 347 g/mol. The van der Waals surface area contributed by atoms with Gasteiger partial charge in [0.2, 0.25) is 0 Å². The molecule has 0 radical (unpaired) electrons. The van der Waals surface area contributed by atoms with Crippen molar-refractivity contribution in [1.29, 1.82) is 0 Å². The minimum absolute atomic E-state index is 0.189. The molecule has 17 heavy (non-hydrogen) atoms. The Labute approximate surface area is 119 Å². The minimum Gasteiger partial charge on any atom is -0.206 e. The minimum atomic E-state index is -0.189. The molecule has 0 heterocycles. The Bertz CT molecular complexity index is 397. The molecule has 1 saturated carbocycles. The van der Waals surface area contributed by atoms with Gasteiger partial charge in [0, 0.05) is 4.83 Å². The van der Waals surface area contributed by atoms with Crippen molar-refractivity contribution < 1.29 is 4.39 Å². The highest BCUT2D eigenvalue weighted by molar-refractivity contribution is 9.10. The van der Waals surface area contributed by atoms with E-state index in [2.05, 4.69) is 38.8 Å². The number of halogens is 3. The molecule has 1 unspecified atom stereocenters. The molecule has 1 aliphatic rings. The predicted octanol–water partition coefficient (Wildman–Crippen LogP) is 5.99. The van der Waals surface area contributed by atoms with Crippen molar-refractivity contribution in [3.63, 3.8) is 0 Å². The van der Waals surface area contributed by atoms with E-state index in [1.165, 1.54) is 37.7 Å². The van der Waals surface area contributed by atoms with Crippen LogP contribution in [0.1, 0.15) is 49.4 Å². The van der Waals surface area contributed by atoms with E-state index in [1.54, 1.807) is 6.07 Å². The Morgan fingerprint density at radius 3 is 2.53 bits per heavy atom. The number of rotatable bonds is 3. The smallest absolute Gasteiger partial charge is 0.137 e. The molecule has 1 atom stereocenters. The Kier molecular flexibility index (Phi) is 4.30. The van der Waals surface area contributed by atoms with E-state index < -0.39 is 0 Å². The van der Waals surface area contributed by atoms with E-state index in [-0.39, 0.29) is 5.82 Å². The van der Waals surface area contributed by atoms with Gasteiger partial charge in [-0.25, -0.2) is 4.39 Å². The molecular formula is C14H17Br2F. The number of benzene rings is 1. The molecule has 0 bridgehead atoms. The molecule has 0 nitrogen and oxygen atoms in total. The topological polar surface area (TPSA) is 0 Å². The van der Waals surface area contributed by atoms with Crippen LogP contribution in [0, 0.1) is 11.2 Å². The summed E-state index contributed by atoms with van der Waals surface area (Å²) in [6.45, 7) is 2.26. The van der Waals surface area contributed by atoms with Gasteiger partial charge in [0.25, 0.3) is 0 Å². The second-order valence-electron chi connectivity index (χ2n) is 4.96. The number of alkyl halides is 1. The Morgan fingerprint density at radius 2 is 2.00 bits per heavy atom. The average Bonchev–Trinajstić information content (AvgIpc) is 2.81. The molecule has 1 fully saturated rings. The first-order valence-corrected chi connectivity index (χ1v) is 7.89. The second-order valence-corrected chi connectivity index (χ2v) is 6.73. The van der Waals surface area contributed by atoms with Gasteiger partial charge in [-0.1, -0.05) is 41.8 Å². The van der Waals surface area contributed by atoms with E-state index in [0.29, 0.717) is 14.7 Å². The third-order valence-corrected chi connectivity index (χ3v) is 6.18. The summed E-state index contributed by atoms with van der Waals surface area (Å²) in [7, 11) is 0. The normalized spacial score (nSPS) is 20.5. The SMILES string of the molecule is CCC1(C(Br)c2ccc(F)c(Br)c2)CCCC1. The monoisotopic (exact) mass is 362 g/mol. The van der Waals surface area contributed by atoms with Gasteiger partial charge in [-0.05, 0) is 58.3 Å². The standard InChI is InChI=1S/C14H17Br2F/c1-2-14(7-3-4-8-14)13(16)10-5-6-12(17)11(15)9-10/h5-6,9,13H,2-4,7-8H2,1H3. The summed E-state index contributed by atoms with van der Waals surface area (Å²) in [5.74, 6) is -0.189. The van der Waals surface area contributed by atoms with Crippen LogP contribution in [0.2, 0.25) is 0 Å². The Balaban J connectivity index is 2.29. The van der Waals surface area contributed by atoms with Crippen LogP contribution in [0.4, 0.5) is 4.39 Å². The highest BCUT2D eigenvalue weighted by Crippen LogP contribution is 2.54. The Hall–Kier alpha value is 0.110. The molecule has 94 valence electrons. The van der Waals surface area contributed by atoms with Crippen molar-refractivity contribution in [1.82, 2.24) is 0 Å². The summed E-state index contributed by atoms with van der Waals surface area (Å²) in [5, 5.41) is 0. The van der Waals surface area contributed by atoms with E-state index in [9.17, 15) is 4.39 Å². The van der Waals surface area contributed by atoms with Crippen LogP contribution in [0.15, 0.2) is 22.7 Å². The molecule has 2 rings (SSSR count). The van der Waals surface area contributed by atoms with E-state index in [0.717, 1.165) is 0 Å². The van der Waals surface area contributed by atoms with E-state index >= 15 is 0 Å². The summed E-state index contributed by atoms with van der Waals surface area (Å²) in [6, 6.07) is 5.35. The molecule has 0 aromatic heterocycles. The fourth-order valence-electron chi connectivity index (χ4n) is 2.89. The zero-order valence-electron chi connectivity index (χ0n) is 9.98. The van der Waals surface area contributed by atoms with Crippen molar-refractivity contribution in [2.45, 2.75) is 43.9 Å². The maximum absolute atomic E-state index is 13.3. The zero-order valence-corrected chi connectivity index (χ0v) is 13.2. The van der Waals surface area contributed by atoms with Gasteiger partial charge in [0.1, 0.15) is 5.82 Å². The molecule has 0 aliphatic heterocycles. The van der Waals surface area contributed by atoms with Crippen LogP contribution >= 0.6 is 31.9 Å². The molecule has 0 amide bonds. The van der Waals surface area contributed by atoms with Crippen molar-refractivity contribution in [3.05, 3.63) is 34.1 Å². The predicted molar refractivity (Wildman–Crippen MR) is 77.0 cm³/mol. The molecule has 1 aromatic rings. The van der Waals surface area contributed by atoms with Crippen molar-refractivity contribution in [2.24, 2.45) is 5.41 Å². The van der Waals surface area contributed by atoms with Crippen LogP contribution < -0.4 is 0 Å². The van der Waals surface area contributed by atoms with Crippen molar-refractivity contribution >= 4 is 31.9 Å². The summed E-state index contributed by atoms with van der Waals surface area (Å²) in [4.78, 5) is 0.333. The van der Waals surface area contributed by atoms with Gasteiger partial charge >= 0.3 is 0 Å². The van der Waals surface area contributed by atoms with Gasteiger partial charge in [0.15, 0.2) is 0 Å². The highest BCUT2D eigenvalue weighted by Gasteiger charge is 2.39. The van der Waals surface area contributed by atoms with Gasteiger partial charge in [-0.15, -0.1) is 0 Å². The third kappa shape index (κ3) is 2.60. The summed E-state index contributed by atoms with van der Waals surface area (Å²) < 4.78 is 13.8. The Morgan fingerprint density at radius 1 is 1.35 bits per heavy atom. The van der Waals surface area contributed by atoms with Crippen LogP contribution in [0.25, 0.3) is 0 Å². The highest BCUT2D eigenvalue weighted by atomic mass is 79.9. The number of hydrogen-bond acceptors (Lipinski definition) is 0. The van der Waals surface area contributed by atoms with Crippen LogP contribution in [-0.4, -0.2) is 0 Å². The lowest BCUT2D eigenvalue weighted by atomic mass is 9.78. The molecule has 1 aliphatic carbocycles. The van der Waals surface area contributed by atoms with Gasteiger partial charge in [-0.2, -0.15) is 0 Å². The van der Waals surface area contributed by atoms with Crippen LogP contribution in [0.3, 0.4) is 0 Å². The lowest BCUT2D eigenvalue weighted by molar-refractivity contribution is 0.279. The van der Waals surface area contributed by atoms with Gasteiger partial charge in [0.05, 0.1) is 4.47 Å². The van der Waals surface area contributed by atoms with E-state index in [1.807, 2.05) is 12.1 Å². The lowest BCUT2D eigenvalue weighted by Gasteiger charge is -2.33. The van der Waals surface area contributed by atoms with Gasteiger partial charge in [-0.3, -0.25) is 0 Å². The fourth-order valence-corrected chi connectivity index (χ4v) is 4.35. The third-order valence-electron chi connectivity index (χ3n) is 4.08. The molecule has 0 saturated heterocycles. The first kappa shape index (κ1) is 13.5. The van der Waals surface area contributed by atoms with Crippen molar-refractivity contribution in [3.8, 4) is 0 Å². The quantitative estimate of drug-likeness (QED) is 0.578. The van der Waals surface area contributed by atoms with E-state index in [4.69, 9.17) is 0 Å². The number of hydrogen-bond donors (Lipinski definition) is 0. The first-order valence-electron chi connectivity index (χ1n) is 6.18. The summed E-state index contributed by atoms with van der Waals surface area (Å²) >= 11 is 7.11. The maximum Gasteiger partial charge on any atom is 0.137 e. The maximum atomic E-state index is 13.3. The lowest BCUT2D eigenvalue weighted by Crippen LogP contribution is -2.21. The second kappa shape index (κ2) is 5.40. The van der Waals surface area contributed by atoms with Crippen LogP contribution in [-0.2, 0) is 0 Å². The largest absolute Gasteiger partial charge is 0.206 e. The average molecular weight is 364 g/mol. The molecule has 0 spiro atoms. The molecule has 0 N–H and O–H groups in total. The van der Waals surface area contributed by atoms with Crippen molar-refractivity contribution in [2.75, 3.05) is 0 Å². The molecule has 3 heteroatoms. The summed E-state index contributed by atoms with van der Waals surface area (Å²) in [6.07, 6.45) is 6.36. The molecule has 1 aromatic carbocycles. The summed E-state index contributed by atoms with van der Waals surface area (Å²) in [5.41, 5.74) is 1.54. The van der Waals surface area contributed by atoms with Gasteiger partial charge < -0.3 is 0 Å². The first-order chi connectivity index (χ1) is 8.09. The van der Waals surface area contributed by atoms with Crippen LogP contribution in [0.5, 0.6) is 0 Å².